The number of aromatic nitrogens is 1. The average Bonchev–Trinajstić information content (AvgIpc) is 2.65. The van der Waals surface area contributed by atoms with Gasteiger partial charge >= 0.3 is 6.18 Å². The van der Waals surface area contributed by atoms with Gasteiger partial charge < -0.3 is 4.57 Å². The highest BCUT2D eigenvalue weighted by Crippen LogP contribution is 2.39. The summed E-state index contributed by atoms with van der Waals surface area (Å²) in [6, 6.07) is 2.33. The summed E-state index contributed by atoms with van der Waals surface area (Å²) in [5.41, 5.74) is 0.159. The molecule has 0 atom stereocenters. The van der Waals surface area contributed by atoms with Gasteiger partial charge in [0, 0.05) is 17.2 Å². The quantitative estimate of drug-likeness (QED) is 0.697. The molecule has 0 saturated carbocycles. The summed E-state index contributed by atoms with van der Waals surface area (Å²) < 4.78 is 66.3. The molecule has 0 fully saturated rings. The van der Waals surface area contributed by atoms with Crippen molar-refractivity contribution in [3.8, 4) is 0 Å². The monoisotopic (exact) mass is 372 g/mol. The molecule has 0 radical (unpaired) electrons. The van der Waals surface area contributed by atoms with Gasteiger partial charge in [-0.1, -0.05) is 11.3 Å². The van der Waals surface area contributed by atoms with Crippen molar-refractivity contribution in [1.29, 1.82) is 5.41 Å². The maximum atomic E-state index is 12.7. The largest absolute Gasteiger partial charge is 0.416 e. The van der Waals surface area contributed by atoms with E-state index in [9.17, 15) is 21.6 Å². The summed E-state index contributed by atoms with van der Waals surface area (Å²) in [5, 5.41) is 7.75. The number of halogens is 3. The first-order valence-electron chi connectivity index (χ1n) is 5.81. The molecule has 0 aliphatic carbocycles. The molecule has 0 unspecified atom stereocenters. The first kappa shape index (κ1) is 17.3. The van der Waals surface area contributed by atoms with E-state index in [2.05, 4.69) is 0 Å². The number of hydrogen-bond donors (Lipinski definition) is 2. The van der Waals surface area contributed by atoms with Gasteiger partial charge in [0.1, 0.15) is 0 Å². The third kappa shape index (κ3) is 4.03. The molecule has 2 aromatic rings. The lowest BCUT2D eigenvalue weighted by molar-refractivity contribution is -0.137. The van der Waals surface area contributed by atoms with Crippen molar-refractivity contribution in [2.24, 2.45) is 0 Å². The number of thioether (sulfide) groups is 1. The Kier molecular flexibility index (Phi) is 4.62. The SMILES string of the molecule is CS(=O)(=O)O.N=c1sc2cc(C(F)(F)F)cc3c2n1CCS3. The fraction of sp³-hybridized carbons (Fsp3) is 0.364. The summed E-state index contributed by atoms with van der Waals surface area (Å²) >= 11 is 2.53. The number of benzene rings is 1. The molecule has 22 heavy (non-hydrogen) atoms. The predicted molar refractivity (Wildman–Crippen MR) is 78.9 cm³/mol. The van der Waals surface area contributed by atoms with Crippen LogP contribution in [-0.2, 0) is 22.8 Å². The van der Waals surface area contributed by atoms with Gasteiger partial charge in [-0.3, -0.25) is 9.96 Å². The van der Waals surface area contributed by atoms with E-state index in [1.807, 2.05) is 0 Å². The molecule has 0 spiro atoms. The van der Waals surface area contributed by atoms with E-state index in [1.54, 1.807) is 4.57 Å². The summed E-state index contributed by atoms with van der Waals surface area (Å²) in [7, 11) is -3.67. The first-order valence-corrected chi connectivity index (χ1v) is 9.46. The predicted octanol–water partition coefficient (Wildman–Crippen LogP) is 2.81. The number of rotatable bonds is 0. The van der Waals surface area contributed by atoms with Crippen LogP contribution in [0.4, 0.5) is 13.2 Å². The van der Waals surface area contributed by atoms with Gasteiger partial charge in [-0.25, -0.2) is 0 Å². The fourth-order valence-electron chi connectivity index (χ4n) is 1.92. The van der Waals surface area contributed by atoms with E-state index >= 15 is 0 Å². The Morgan fingerprint density at radius 3 is 2.50 bits per heavy atom. The summed E-state index contributed by atoms with van der Waals surface area (Å²) in [5.74, 6) is 0.719. The lowest BCUT2D eigenvalue weighted by Gasteiger charge is -2.16. The molecule has 0 amide bonds. The van der Waals surface area contributed by atoms with E-state index in [-0.39, 0.29) is 0 Å². The van der Waals surface area contributed by atoms with E-state index in [1.165, 1.54) is 17.8 Å². The van der Waals surface area contributed by atoms with E-state index in [4.69, 9.17) is 9.96 Å². The van der Waals surface area contributed by atoms with Crippen LogP contribution in [0.5, 0.6) is 0 Å². The minimum absolute atomic E-state index is 0.320. The van der Waals surface area contributed by atoms with E-state index in [0.717, 1.165) is 28.7 Å². The zero-order valence-electron chi connectivity index (χ0n) is 11.1. The Balaban J connectivity index is 0.000000309. The molecule has 11 heteroatoms. The normalized spacial score (nSPS) is 14.6. The van der Waals surface area contributed by atoms with E-state index < -0.39 is 21.9 Å². The maximum absolute atomic E-state index is 12.7. The number of thiazole rings is 1. The summed E-state index contributed by atoms with van der Waals surface area (Å²) in [6.45, 7) is 0.696. The summed E-state index contributed by atoms with van der Waals surface area (Å²) in [6.07, 6.45) is -3.60. The number of aryl methyl sites for hydroxylation is 1. The third-order valence-corrected chi connectivity index (χ3v) is 4.62. The van der Waals surface area contributed by atoms with Crippen molar-refractivity contribution in [1.82, 2.24) is 4.57 Å². The molecular weight excluding hydrogens is 361 g/mol. The van der Waals surface area contributed by atoms with Crippen LogP contribution < -0.4 is 4.80 Å². The highest BCUT2D eigenvalue weighted by Gasteiger charge is 2.32. The molecule has 0 saturated heterocycles. The Hall–Kier alpha value is -1.04. The van der Waals surface area contributed by atoms with Crippen molar-refractivity contribution < 1.29 is 26.1 Å². The van der Waals surface area contributed by atoms with Crippen LogP contribution in [-0.4, -0.2) is 29.5 Å². The fourth-order valence-corrected chi connectivity index (χ4v) is 4.05. The highest BCUT2D eigenvalue weighted by molar-refractivity contribution is 7.99. The van der Waals surface area contributed by atoms with Crippen molar-refractivity contribution in [3.05, 3.63) is 22.5 Å². The minimum Gasteiger partial charge on any atom is -0.315 e. The van der Waals surface area contributed by atoms with Crippen LogP contribution in [0, 0.1) is 5.41 Å². The highest BCUT2D eigenvalue weighted by atomic mass is 32.2. The summed E-state index contributed by atoms with van der Waals surface area (Å²) in [4.78, 5) is 0.955. The molecule has 122 valence electrons. The van der Waals surface area contributed by atoms with Crippen molar-refractivity contribution in [2.75, 3.05) is 12.0 Å². The molecule has 1 aromatic carbocycles. The lowest BCUT2D eigenvalue weighted by Crippen LogP contribution is -2.17. The Bertz CT molecular complexity index is 860. The van der Waals surface area contributed by atoms with Crippen LogP contribution in [0.25, 0.3) is 10.2 Å². The van der Waals surface area contributed by atoms with Crippen LogP contribution in [0.3, 0.4) is 0 Å². The van der Waals surface area contributed by atoms with Gasteiger partial charge in [-0.05, 0) is 12.1 Å². The smallest absolute Gasteiger partial charge is 0.315 e. The first-order chi connectivity index (χ1) is 9.97. The topological polar surface area (TPSA) is 83.2 Å². The molecule has 1 aromatic heterocycles. The van der Waals surface area contributed by atoms with Crippen LogP contribution in [0.1, 0.15) is 5.56 Å². The van der Waals surface area contributed by atoms with Gasteiger partial charge in [-0.2, -0.15) is 21.6 Å². The molecule has 2 N–H and O–H groups in total. The molecule has 3 rings (SSSR count). The average molecular weight is 372 g/mol. The van der Waals surface area contributed by atoms with Crippen molar-refractivity contribution in [2.45, 2.75) is 17.6 Å². The van der Waals surface area contributed by atoms with Crippen molar-refractivity contribution >= 4 is 43.4 Å². The van der Waals surface area contributed by atoms with Gasteiger partial charge in [0.15, 0.2) is 4.80 Å². The van der Waals surface area contributed by atoms with Gasteiger partial charge in [0.25, 0.3) is 10.1 Å². The third-order valence-electron chi connectivity index (χ3n) is 2.66. The maximum Gasteiger partial charge on any atom is 0.416 e. The second-order valence-electron chi connectivity index (χ2n) is 4.46. The Labute approximate surface area is 132 Å². The molecular formula is C11H11F3N2O3S3. The number of alkyl halides is 3. The molecule has 1 aliphatic rings. The second-order valence-corrected chi connectivity index (χ2v) is 8.09. The van der Waals surface area contributed by atoms with Crippen LogP contribution >= 0.6 is 23.1 Å². The van der Waals surface area contributed by atoms with Gasteiger partial charge in [0.2, 0.25) is 0 Å². The molecule has 5 nitrogen and oxygen atoms in total. The number of nitrogens with zero attached hydrogens (tertiary/aromatic N) is 1. The Morgan fingerprint density at radius 2 is 1.95 bits per heavy atom. The molecule has 2 heterocycles. The van der Waals surface area contributed by atoms with Crippen LogP contribution in [0.15, 0.2) is 17.0 Å². The zero-order chi connectivity index (χ0) is 16.7. The zero-order valence-corrected chi connectivity index (χ0v) is 13.6. The van der Waals surface area contributed by atoms with Crippen molar-refractivity contribution in [3.63, 3.8) is 0 Å². The minimum atomic E-state index is -4.32. The molecule has 1 aliphatic heterocycles. The number of nitrogens with one attached hydrogen (secondary N) is 1. The van der Waals surface area contributed by atoms with Crippen LogP contribution in [0.2, 0.25) is 0 Å². The molecule has 0 bridgehead atoms. The number of hydrogen-bond acceptors (Lipinski definition) is 5. The van der Waals surface area contributed by atoms with Gasteiger partial charge in [0.05, 0.1) is 22.0 Å². The van der Waals surface area contributed by atoms with E-state index in [0.29, 0.717) is 27.2 Å². The van der Waals surface area contributed by atoms with Gasteiger partial charge in [-0.15, -0.1) is 11.8 Å². The lowest BCUT2D eigenvalue weighted by atomic mass is 10.2. The second kappa shape index (κ2) is 5.87. The Morgan fingerprint density at radius 1 is 1.36 bits per heavy atom. The standard InChI is InChI=1S/C10H7F3N2S2.CH4O3S/c11-10(12,13)5-3-6-8-7(4-5)17-9(14)15(8)1-2-16-6;1-5(2,3)4/h3-4,14H,1-2H2;1H3,(H,2,3,4).